The first-order valence-electron chi connectivity index (χ1n) is 9.74. The number of hydrogen-bond donors (Lipinski definition) is 2. The van der Waals surface area contributed by atoms with Gasteiger partial charge in [-0.25, -0.2) is 9.97 Å². The minimum absolute atomic E-state index is 0.143. The Balaban J connectivity index is 1.89. The number of aromatic nitrogens is 2. The first-order valence-corrected chi connectivity index (χ1v) is 9.74. The number of rotatable bonds is 9. The molecule has 0 fully saturated rings. The predicted molar refractivity (Wildman–Crippen MR) is 112 cm³/mol. The number of anilines is 1. The number of carbonyl (C=O) groups is 1. The van der Waals surface area contributed by atoms with Crippen molar-refractivity contribution < 1.29 is 14.3 Å². The highest BCUT2D eigenvalue weighted by atomic mass is 16.6. The Morgan fingerprint density at radius 2 is 1.86 bits per heavy atom. The van der Waals surface area contributed by atoms with Gasteiger partial charge in [0, 0.05) is 25.6 Å². The first kappa shape index (κ1) is 21.9. The molecular formula is C21H32N4O3. The molecular weight excluding hydrogens is 356 g/mol. The van der Waals surface area contributed by atoms with Crippen LogP contribution < -0.4 is 15.8 Å². The Bertz CT molecular complexity index is 815. The van der Waals surface area contributed by atoms with Crippen molar-refractivity contribution >= 4 is 22.8 Å². The van der Waals surface area contributed by atoms with E-state index < -0.39 is 5.60 Å². The van der Waals surface area contributed by atoms with E-state index in [1.54, 1.807) is 7.11 Å². The van der Waals surface area contributed by atoms with Gasteiger partial charge in [-0.05, 0) is 52.2 Å². The topological polar surface area (TPSA) is 99.4 Å². The van der Waals surface area contributed by atoms with Crippen LogP contribution in [0.3, 0.4) is 0 Å². The van der Waals surface area contributed by atoms with E-state index >= 15 is 0 Å². The fourth-order valence-corrected chi connectivity index (χ4v) is 2.90. The summed E-state index contributed by atoms with van der Waals surface area (Å²) >= 11 is 0. The maximum atomic E-state index is 11.7. The standard InChI is InChI=1S/C21H32N4O3/c1-14-11-15-16(12-18(14)27-5)25-20(17(13-22)24-15)23-10-8-6-7-9-19(26)28-21(2,3)4/h11-12H,6-10,13,22H2,1-5H3,(H,23,25). The molecule has 0 saturated carbocycles. The second-order valence-electron chi connectivity index (χ2n) is 7.86. The summed E-state index contributed by atoms with van der Waals surface area (Å²) in [6.45, 7) is 8.67. The van der Waals surface area contributed by atoms with Gasteiger partial charge in [0.25, 0.3) is 0 Å². The van der Waals surface area contributed by atoms with Crippen molar-refractivity contribution in [1.82, 2.24) is 9.97 Å². The fourth-order valence-electron chi connectivity index (χ4n) is 2.90. The zero-order valence-corrected chi connectivity index (χ0v) is 17.6. The zero-order valence-electron chi connectivity index (χ0n) is 17.6. The van der Waals surface area contributed by atoms with Crippen LogP contribution in [0.2, 0.25) is 0 Å². The van der Waals surface area contributed by atoms with Gasteiger partial charge in [-0.2, -0.15) is 0 Å². The molecule has 0 aliphatic heterocycles. The first-order chi connectivity index (χ1) is 13.2. The quantitative estimate of drug-likeness (QED) is 0.499. The predicted octanol–water partition coefficient (Wildman–Crippen LogP) is 3.72. The summed E-state index contributed by atoms with van der Waals surface area (Å²) in [6.07, 6.45) is 3.10. The van der Waals surface area contributed by atoms with Crippen molar-refractivity contribution in [2.75, 3.05) is 19.0 Å². The maximum absolute atomic E-state index is 11.7. The normalized spacial score (nSPS) is 11.5. The molecule has 0 aliphatic rings. The molecule has 1 aromatic carbocycles. The smallest absolute Gasteiger partial charge is 0.306 e. The van der Waals surface area contributed by atoms with Crippen LogP contribution in [0.1, 0.15) is 57.7 Å². The van der Waals surface area contributed by atoms with E-state index in [1.165, 1.54) is 0 Å². The molecule has 0 atom stereocenters. The number of benzene rings is 1. The number of unbranched alkanes of at least 4 members (excludes halogenated alkanes) is 2. The number of nitrogens with one attached hydrogen (secondary N) is 1. The van der Waals surface area contributed by atoms with Crippen molar-refractivity contribution in [2.24, 2.45) is 5.73 Å². The SMILES string of the molecule is COc1cc2nc(NCCCCCC(=O)OC(C)(C)C)c(CN)nc2cc1C. The van der Waals surface area contributed by atoms with Gasteiger partial charge in [-0.1, -0.05) is 6.42 Å². The van der Waals surface area contributed by atoms with Gasteiger partial charge < -0.3 is 20.5 Å². The van der Waals surface area contributed by atoms with E-state index in [9.17, 15) is 4.79 Å². The summed E-state index contributed by atoms with van der Waals surface area (Å²) in [5.41, 5.74) is 8.76. The van der Waals surface area contributed by atoms with E-state index in [-0.39, 0.29) is 5.97 Å². The molecule has 1 aromatic heterocycles. The van der Waals surface area contributed by atoms with E-state index in [0.717, 1.165) is 53.8 Å². The van der Waals surface area contributed by atoms with Crippen molar-refractivity contribution in [3.63, 3.8) is 0 Å². The Morgan fingerprint density at radius 3 is 2.50 bits per heavy atom. The lowest BCUT2D eigenvalue weighted by atomic mass is 10.1. The number of carbonyl (C=O) groups excluding carboxylic acids is 1. The van der Waals surface area contributed by atoms with Gasteiger partial charge in [-0.3, -0.25) is 4.79 Å². The van der Waals surface area contributed by atoms with Crippen LogP contribution in [0, 0.1) is 6.92 Å². The Labute approximate surface area is 167 Å². The van der Waals surface area contributed by atoms with E-state index in [4.69, 9.17) is 15.2 Å². The zero-order chi connectivity index (χ0) is 20.7. The van der Waals surface area contributed by atoms with Crippen molar-refractivity contribution in [3.05, 3.63) is 23.4 Å². The Morgan fingerprint density at radius 1 is 1.14 bits per heavy atom. The maximum Gasteiger partial charge on any atom is 0.306 e. The second-order valence-corrected chi connectivity index (χ2v) is 7.86. The molecule has 2 aromatic rings. The van der Waals surface area contributed by atoms with Crippen molar-refractivity contribution in [3.8, 4) is 5.75 Å². The monoisotopic (exact) mass is 388 g/mol. The molecule has 0 bridgehead atoms. The van der Waals surface area contributed by atoms with Gasteiger partial charge in [0.2, 0.25) is 0 Å². The van der Waals surface area contributed by atoms with Gasteiger partial charge >= 0.3 is 5.97 Å². The average Bonchev–Trinajstić information content (AvgIpc) is 2.62. The molecule has 0 unspecified atom stereocenters. The molecule has 0 spiro atoms. The van der Waals surface area contributed by atoms with Crippen molar-refractivity contribution in [2.45, 2.75) is 65.5 Å². The number of aryl methyl sites for hydroxylation is 1. The van der Waals surface area contributed by atoms with Crippen LogP contribution in [0.25, 0.3) is 11.0 Å². The molecule has 0 saturated heterocycles. The number of esters is 1. The van der Waals surface area contributed by atoms with Crippen molar-refractivity contribution in [1.29, 1.82) is 0 Å². The molecule has 0 aliphatic carbocycles. The number of ether oxygens (including phenoxy) is 2. The summed E-state index contributed by atoms with van der Waals surface area (Å²) in [5, 5.41) is 3.32. The van der Waals surface area contributed by atoms with Gasteiger partial charge in [0.15, 0.2) is 0 Å². The summed E-state index contributed by atoms with van der Waals surface area (Å²) in [7, 11) is 1.65. The highest BCUT2D eigenvalue weighted by molar-refractivity contribution is 5.79. The third kappa shape index (κ3) is 6.34. The number of methoxy groups -OCH3 is 1. The molecule has 3 N–H and O–H groups in total. The summed E-state index contributed by atoms with van der Waals surface area (Å²) in [5.74, 6) is 1.35. The number of hydrogen-bond acceptors (Lipinski definition) is 7. The van der Waals surface area contributed by atoms with Gasteiger partial charge in [0.1, 0.15) is 17.2 Å². The molecule has 0 radical (unpaired) electrons. The lowest BCUT2D eigenvalue weighted by Crippen LogP contribution is -2.23. The minimum Gasteiger partial charge on any atom is -0.496 e. The van der Waals surface area contributed by atoms with E-state index in [0.29, 0.717) is 18.8 Å². The fraction of sp³-hybridized carbons (Fsp3) is 0.571. The van der Waals surface area contributed by atoms with Gasteiger partial charge in [-0.15, -0.1) is 0 Å². The third-order valence-corrected chi connectivity index (χ3v) is 4.22. The Kier molecular flexibility index (Phi) is 7.57. The second kappa shape index (κ2) is 9.68. The van der Waals surface area contributed by atoms with Crippen LogP contribution in [0.4, 0.5) is 5.82 Å². The minimum atomic E-state index is -0.423. The number of fused-ring (bicyclic) bond motifs is 1. The lowest BCUT2D eigenvalue weighted by molar-refractivity contribution is -0.154. The highest BCUT2D eigenvalue weighted by Crippen LogP contribution is 2.25. The summed E-state index contributed by atoms with van der Waals surface area (Å²) in [4.78, 5) is 21.0. The lowest BCUT2D eigenvalue weighted by Gasteiger charge is -2.19. The van der Waals surface area contributed by atoms with E-state index in [1.807, 2.05) is 39.8 Å². The molecule has 2 rings (SSSR count). The third-order valence-electron chi connectivity index (χ3n) is 4.22. The van der Waals surface area contributed by atoms with E-state index in [2.05, 4.69) is 15.3 Å². The van der Waals surface area contributed by atoms with Crippen LogP contribution in [-0.4, -0.2) is 35.2 Å². The average molecular weight is 389 g/mol. The van der Waals surface area contributed by atoms with Crippen LogP contribution in [0.15, 0.2) is 12.1 Å². The Hall–Kier alpha value is -2.41. The summed E-state index contributed by atoms with van der Waals surface area (Å²) in [6, 6.07) is 3.85. The van der Waals surface area contributed by atoms with Crippen LogP contribution in [0.5, 0.6) is 5.75 Å². The largest absolute Gasteiger partial charge is 0.496 e. The molecule has 28 heavy (non-hydrogen) atoms. The highest BCUT2D eigenvalue weighted by Gasteiger charge is 2.15. The molecule has 154 valence electrons. The summed E-state index contributed by atoms with van der Waals surface area (Å²) < 4.78 is 10.7. The van der Waals surface area contributed by atoms with Gasteiger partial charge in [0.05, 0.1) is 23.8 Å². The van der Waals surface area contributed by atoms with Crippen LogP contribution >= 0.6 is 0 Å². The molecule has 1 heterocycles. The molecule has 7 heteroatoms. The van der Waals surface area contributed by atoms with Crippen LogP contribution in [-0.2, 0) is 16.1 Å². The number of nitrogens with two attached hydrogens (primary N) is 1. The molecule has 7 nitrogen and oxygen atoms in total. The number of nitrogens with zero attached hydrogens (tertiary/aromatic N) is 2. The molecule has 0 amide bonds.